The molecule has 0 unspecified atom stereocenters. The Morgan fingerprint density at radius 3 is 2.56 bits per heavy atom. The average Bonchev–Trinajstić information content (AvgIpc) is 2.28. The molecule has 86 valence electrons. The Balaban J connectivity index is 2.45. The van der Waals surface area contributed by atoms with Crippen molar-refractivity contribution < 1.29 is 19.5 Å². The van der Waals surface area contributed by atoms with Gasteiger partial charge in [0.05, 0.1) is 0 Å². The first-order valence-corrected chi connectivity index (χ1v) is 4.55. The fourth-order valence-electron chi connectivity index (χ4n) is 1.04. The van der Waals surface area contributed by atoms with Crippen molar-refractivity contribution in [3.63, 3.8) is 0 Å². The van der Waals surface area contributed by atoms with Crippen molar-refractivity contribution >= 4 is 11.9 Å². The van der Waals surface area contributed by atoms with E-state index in [1.165, 1.54) is 0 Å². The van der Waals surface area contributed by atoms with Crippen LogP contribution >= 0.6 is 0 Å². The zero-order valence-corrected chi connectivity index (χ0v) is 8.42. The second-order valence-corrected chi connectivity index (χ2v) is 3.04. The van der Waals surface area contributed by atoms with Crippen LogP contribution in [0, 0.1) is 0 Å². The Labute approximate surface area is 92.0 Å². The highest BCUT2D eigenvalue weighted by Crippen LogP contribution is 2.08. The summed E-state index contributed by atoms with van der Waals surface area (Å²) in [7, 11) is 0. The van der Waals surface area contributed by atoms with E-state index in [9.17, 15) is 9.59 Å². The van der Waals surface area contributed by atoms with Gasteiger partial charge in [0.2, 0.25) is 0 Å². The number of amides is 1. The monoisotopic (exact) mass is 224 g/mol. The summed E-state index contributed by atoms with van der Waals surface area (Å²) in [6.07, 6.45) is 0. The number of rotatable bonds is 5. The maximum atomic E-state index is 11.4. The van der Waals surface area contributed by atoms with Gasteiger partial charge in [-0.15, -0.1) is 0 Å². The number of benzene rings is 1. The number of aliphatic carboxylic acids is 1. The topological polar surface area (TPSA) is 102 Å². The third kappa shape index (κ3) is 3.68. The van der Waals surface area contributed by atoms with Crippen LogP contribution in [-0.2, 0) is 14.4 Å². The molecule has 6 nitrogen and oxygen atoms in total. The minimum absolute atomic E-state index is 0.590. The summed E-state index contributed by atoms with van der Waals surface area (Å²) in [5.41, 5.74) is 8.21. The summed E-state index contributed by atoms with van der Waals surface area (Å²) in [4.78, 5) is 25.9. The van der Waals surface area contributed by atoms with Crippen molar-refractivity contribution in [1.82, 2.24) is 5.48 Å². The van der Waals surface area contributed by atoms with Crippen LogP contribution in [0.1, 0.15) is 11.6 Å². The maximum Gasteiger partial charge on any atom is 0.332 e. The van der Waals surface area contributed by atoms with Gasteiger partial charge in [0.25, 0.3) is 5.91 Å². The van der Waals surface area contributed by atoms with Crippen LogP contribution in [0.3, 0.4) is 0 Å². The van der Waals surface area contributed by atoms with E-state index in [-0.39, 0.29) is 0 Å². The fraction of sp³-hybridized carbons (Fsp3) is 0.200. The Hall–Kier alpha value is -1.92. The summed E-state index contributed by atoms with van der Waals surface area (Å²) in [6, 6.07) is 7.81. The molecule has 1 rings (SSSR count). The maximum absolute atomic E-state index is 11.4. The Bertz CT molecular complexity index is 366. The van der Waals surface area contributed by atoms with E-state index in [0.29, 0.717) is 5.56 Å². The van der Waals surface area contributed by atoms with Crippen LogP contribution in [-0.4, -0.2) is 23.6 Å². The van der Waals surface area contributed by atoms with Gasteiger partial charge in [-0.05, 0) is 5.56 Å². The van der Waals surface area contributed by atoms with Crippen molar-refractivity contribution in [3.05, 3.63) is 35.9 Å². The number of hydroxylamine groups is 1. The molecule has 0 aliphatic rings. The molecular weight excluding hydrogens is 212 g/mol. The highest BCUT2D eigenvalue weighted by molar-refractivity contribution is 5.82. The number of carboxylic acid groups (broad SMARTS) is 1. The Morgan fingerprint density at radius 2 is 2.00 bits per heavy atom. The molecule has 0 bridgehead atoms. The van der Waals surface area contributed by atoms with Crippen molar-refractivity contribution in [3.8, 4) is 0 Å². The molecule has 0 saturated carbocycles. The van der Waals surface area contributed by atoms with E-state index >= 15 is 0 Å². The van der Waals surface area contributed by atoms with Crippen LogP contribution in [0.2, 0.25) is 0 Å². The largest absolute Gasteiger partial charge is 0.479 e. The molecule has 0 aromatic heterocycles. The number of carboxylic acids is 1. The van der Waals surface area contributed by atoms with Gasteiger partial charge in [0.15, 0.2) is 6.61 Å². The standard InChI is InChI=1S/C10H12N2O4/c11-9(7-4-2-1-3-5-7)10(15)12-16-6-8(13)14/h1-5,9H,6,11H2,(H,12,15)(H,13,14)/t9-/m0/s1. The second kappa shape index (κ2) is 5.84. The van der Waals surface area contributed by atoms with E-state index in [1.54, 1.807) is 30.3 Å². The van der Waals surface area contributed by atoms with Gasteiger partial charge < -0.3 is 10.8 Å². The predicted molar refractivity (Wildman–Crippen MR) is 55.1 cm³/mol. The molecule has 0 radical (unpaired) electrons. The van der Waals surface area contributed by atoms with Crippen molar-refractivity contribution in [1.29, 1.82) is 0 Å². The number of carbonyl (C=O) groups excluding carboxylic acids is 1. The lowest BCUT2D eigenvalue weighted by Crippen LogP contribution is -2.35. The molecular formula is C10H12N2O4. The smallest absolute Gasteiger partial charge is 0.332 e. The molecule has 1 atom stereocenters. The summed E-state index contributed by atoms with van der Waals surface area (Å²) < 4.78 is 0. The van der Waals surface area contributed by atoms with E-state index in [1.807, 2.05) is 5.48 Å². The van der Waals surface area contributed by atoms with Crippen LogP contribution in [0.4, 0.5) is 0 Å². The van der Waals surface area contributed by atoms with Gasteiger partial charge >= 0.3 is 5.97 Å². The molecule has 0 spiro atoms. The van der Waals surface area contributed by atoms with Gasteiger partial charge in [-0.2, -0.15) is 0 Å². The van der Waals surface area contributed by atoms with Crippen LogP contribution < -0.4 is 11.2 Å². The molecule has 0 fully saturated rings. The Kier molecular flexibility index (Phi) is 4.43. The summed E-state index contributed by atoms with van der Waals surface area (Å²) in [5, 5.41) is 8.27. The molecule has 0 aliphatic carbocycles. The van der Waals surface area contributed by atoms with Gasteiger partial charge in [0.1, 0.15) is 6.04 Å². The minimum Gasteiger partial charge on any atom is -0.479 e. The molecule has 6 heteroatoms. The van der Waals surface area contributed by atoms with E-state index in [4.69, 9.17) is 10.8 Å². The average molecular weight is 224 g/mol. The SMILES string of the molecule is N[C@H](C(=O)NOCC(=O)O)c1ccccc1. The van der Waals surface area contributed by atoms with Crippen molar-refractivity contribution in [2.24, 2.45) is 5.73 Å². The third-order valence-corrected chi connectivity index (χ3v) is 1.81. The minimum atomic E-state index is -1.17. The normalized spacial score (nSPS) is 11.8. The molecule has 0 aliphatic heterocycles. The molecule has 0 heterocycles. The van der Waals surface area contributed by atoms with Crippen LogP contribution in [0.15, 0.2) is 30.3 Å². The number of nitrogens with one attached hydrogen (secondary N) is 1. The number of nitrogens with two attached hydrogens (primary N) is 1. The predicted octanol–water partition coefficient (Wildman–Crippen LogP) is -0.181. The first-order chi connectivity index (χ1) is 7.61. The number of hydrogen-bond acceptors (Lipinski definition) is 4. The van der Waals surface area contributed by atoms with Crippen molar-refractivity contribution in [2.45, 2.75) is 6.04 Å². The third-order valence-electron chi connectivity index (χ3n) is 1.81. The molecule has 16 heavy (non-hydrogen) atoms. The lowest BCUT2D eigenvalue weighted by atomic mass is 10.1. The first-order valence-electron chi connectivity index (χ1n) is 4.55. The van der Waals surface area contributed by atoms with Crippen LogP contribution in [0.5, 0.6) is 0 Å². The molecule has 0 saturated heterocycles. The van der Waals surface area contributed by atoms with E-state index in [2.05, 4.69) is 4.84 Å². The second-order valence-electron chi connectivity index (χ2n) is 3.04. The zero-order chi connectivity index (χ0) is 12.0. The van der Waals surface area contributed by atoms with Crippen LogP contribution in [0.25, 0.3) is 0 Å². The fourth-order valence-corrected chi connectivity index (χ4v) is 1.04. The van der Waals surface area contributed by atoms with Crippen molar-refractivity contribution in [2.75, 3.05) is 6.61 Å². The molecule has 1 aromatic rings. The Morgan fingerprint density at radius 1 is 1.38 bits per heavy atom. The highest BCUT2D eigenvalue weighted by Gasteiger charge is 2.15. The first kappa shape index (κ1) is 12.2. The van der Waals surface area contributed by atoms with Gasteiger partial charge in [-0.3, -0.25) is 9.63 Å². The number of carbonyl (C=O) groups is 2. The molecule has 1 aromatic carbocycles. The zero-order valence-electron chi connectivity index (χ0n) is 8.42. The summed E-state index contributed by atoms with van der Waals surface area (Å²) in [6.45, 7) is -0.604. The van der Waals surface area contributed by atoms with Gasteiger partial charge in [-0.25, -0.2) is 10.3 Å². The number of hydrogen-bond donors (Lipinski definition) is 3. The van der Waals surface area contributed by atoms with Gasteiger partial charge in [0, 0.05) is 0 Å². The molecule has 1 amide bonds. The molecule has 4 N–H and O–H groups in total. The van der Waals surface area contributed by atoms with E-state index < -0.39 is 24.5 Å². The summed E-state index contributed by atoms with van der Waals surface area (Å²) >= 11 is 0. The lowest BCUT2D eigenvalue weighted by molar-refractivity contribution is -0.149. The summed E-state index contributed by atoms with van der Waals surface area (Å²) in [5.74, 6) is -1.76. The lowest BCUT2D eigenvalue weighted by Gasteiger charge is -2.11. The van der Waals surface area contributed by atoms with E-state index in [0.717, 1.165) is 0 Å². The highest BCUT2D eigenvalue weighted by atomic mass is 16.7. The quantitative estimate of drug-likeness (QED) is 0.602. The van der Waals surface area contributed by atoms with Gasteiger partial charge in [-0.1, -0.05) is 30.3 Å².